The van der Waals surface area contributed by atoms with Gasteiger partial charge in [0.2, 0.25) is 11.8 Å². The van der Waals surface area contributed by atoms with Gasteiger partial charge in [0.15, 0.2) is 11.6 Å². The van der Waals surface area contributed by atoms with Gasteiger partial charge in [-0.2, -0.15) is 0 Å². The third kappa shape index (κ3) is 3.54. The average molecular weight is 384 g/mol. The SMILES string of the molecule is Cc1cnc(C)c(-c2cc(F)c3c(c2)C[C@@H](CNC(=O)[C@@H]2CCC(=O)N2)O3)n1. The van der Waals surface area contributed by atoms with Crippen LogP contribution in [-0.2, 0) is 16.0 Å². The predicted octanol–water partition coefficient (Wildman–Crippen LogP) is 1.60. The van der Waals surface area contributed by atoms with Crippen LogP contribution < -0.4 is 15.4 Å². The standard InChI is InChI=1S/C20H21FN4O3/c1-10-8-22-11(2)18(24-10)12-5-13-6-14(28-19(13)15(21)7-12)9-23-20(27)16-3-4-17(26)25-16/h5,7-8,14,16H,3-4,6,9H2,1-2H3,(H,23,27)(H,25,26)/t14-,16-/m0/s1. The lowest BCUT2D eigenvalue weighted by molar-refractivity contribution is -0.126. The lowest BCUT2D eigenvalue weighted by atomic mass is 10.0. The Morgan fingerprint density at radius 1 is 1.39 bits per heavy atom. The first kappa shape index (κ1) is 18.3. The van der Waals surface area contributed by atoms with Gasteiger partial charge in [-0.25, -0.2) is 9.37 Å². The van der Waals surface area contributed by atoms with Crippen LogP contribution in [0.15, 0.2) is 18.3 Å². The number of nitrogens with zero attached hydrogens (tertiary/aromatic N) is 2. The Kier molecular flexibility index (Phi) is 4.70. The molecule has 146 valence electrons. The maximum atomic E-state index is 14.6. The second-order valence-electron chi connectivity index (χ2n) is 7.24. The third-order valence-electron chi connectivity index (χ3n) is 5.02. The van der Waals surface area contributed by atoms with Gasteiger partial charge in [-0.3, -0.25) is 14.6 Å². The molecule has 1 aromatic heterocycles. The van der Waals surface area contributed by atoms with Crippen molar-refractivity contribution in [2.24, 2.45) is 0 Å². The fraction of sp³-hybridized carbons (Fsp3) is 0.400. The maximum absolute atomic E-state index is 14.6. The Morgan fingerprint density at radius 3 is 2.96 bits per heavy atom. The number of aryl methyl sites for hydroxylation is 2. The number of amides is 2. The van der Waals surface area contributed by atoms with Crippen LogP contribution in [0.5, 0.6) is 5.75 Å². The molecule has 1 saturated heterocycles. The number of rotatable bonds is 4. The first-order chi connectivity index (χ1) is 13.4. The molecule has 0 bridgehead atoms. The molecule has 2 N–H and O–H groups in total. The predicted molar refractivity (Wildman–Crippen MR) is 99.2 cm³/mol. The summed E-state index contributed by atoms with van der Waals surface area (Å²) in [6.07, 6.45) is 2.65. The van der Waals surface area contributed by atoms with Gasteiger partial charge in [0.05, 0.1) is 23.6 Å². The highest BCUT2D eigenvalue weighted by atomic mass is 19.1. The van der Waals surface area contributed by atoms with E-state index in [2.05, 4.69) is 20.6 Å². The summed E-state index contributed by atoms with van der Waals surface area (Å²) < 4.78 is 20.3. The largest absolute Gasteiger partial charge is 0.485 e. The molecule has 2 aliphatic heterocycles. The minimum atomic E-state index is -0.498. The molecule has 4 rings (SSSR count). The van der Waals surface area contributed by atoms with Crippen molar-refractivity contribution in [1.29, 1.82) is 0 Å². The number of hydrogen-bond acceptors (Lipinski definition) is 5. The highest BCUT2D eigenvalue weighted by molar-refractivity contribution is 5.90. The molecule has 2 aliphatic rings. The monoisotopic (exact) mass is 384 g/mol. The van der Waals surface area contributed by atoms with E-state index in [9.17, 15) is 14.0 Å². The summed E-state index contributed by atoms with van der Waals surface area (Å²) in [5.41, 5.74) is 3.54. The van der Waals surface area contributed by atoms with Gasteiger partial charge >= 0.3 is 0 Å². The number of aromatic nitrogens is 2. The summed E-state index contributed by atoms with van der Waals surface area (Å²) in [6, 6.07) is 2.78. The molecule has 0 unspecified atom stereocenters. The summed E-state index contributed by atoms with van der Waals surface area (Å²) in [4.78, 5) is 32.1. The van der Waals surface area contributed by atoms with Crippen molar-refractivity contribution in [2.75, 3.05) is 6.54 Å². The van der Waals surface area contributed by atoms with Crippen molar-refractivity contribution in [1.82, 2.24) is 20.6 Å². The number of fused-ring (bicyclic) bond motifs is 1. The number of ether oxygens (including phenoxy) is 1. The third-order valence-corrected chi connectivity index (χ3v) is 5.02. The normalized spacial score (nSPS) is 20.5. The van der Waals surface area contributed by atoms with Gasteiger partial charge in [0.1, 0.15) is 12.1 Å². The van der Waals surface area contributed by atoms with Crippen LogP contribution in [0.25, 0.3) is 11.3 Å². The Labute approximate surface area is 161 Å². The van der Waals surface area contributed by atoms with E-state index in [1.165, 1.54) is 6.07 Å². The number of halogens is 1. The van der Waals surface area contributed by atoms with Gasteiger partial charge in [-0.1, -0.05) is 0 Å². The van der Waals surface area contributed by atoms with Gasteiger partial charge in [-0.15, -0.1) is 0 Å². The molecule has 2 amide bonds. The molecule has 0 aliphatic carbocycles. The topological polar surface area (TPSA) is 93.2 Å². The van der Waals surface area contributed by atoms with Crippen LogP contribution in [-0.4, -0.2) is 40.5 Å². The van der Waals surface area contributed by atoms with E-state index in [0.717, 1.165) is 17.0 Å². The summed E-state index contributed by atoms with van der Waals surface area (Å²) >= 11 is 0. The zero-order chi connectivity index (χ0) is 19.8. The lowest BCUT2D eigenvalue weighted by Gasteiger charge is -2.14. The van der Waals surface area contributed by atoms with Crippen LogP contribution in [0.4, 0.5) is 4.39 Å². The second-order valence-corrected chi connectivity index (χ2v) is 7.24. The van der Waals surface area contributed by atoms with Gasteiger partial charge in [0.25, 0.3) is 0 Å². The van der Waals surface area contributed by atoms with E-state index in [1.54, 1.807) is 6.20 Å². The van der Waals surface area contributed by atoms with E-state index in [1.807, 2.05) is 19.9 Å². The lowest BCUT2D eigenvalue weighted by Crippen LogP contribution is -2.44. The Hall–Kier alpha value is -3.03. The number of nitrogens with one attached hydrogen (secondary N) is 2. The van der Waals surface area contributed by atoms with E-state index >= 15 is 0 Å². The van der Waals surface area contributed by atoms with Crippen LogP contribution in [0, 0.1) is 19.7 Å². The van der Waals surface area contributed by atoms with Crippen molar-refractivity contribution >= 4 is 11.8 Å². The van der Waals surface area contributed by atoms with E-state index < -0.39 is 11.9 Å². The average Bonchev–Trinajstić information content (AvgIpc) is 3.28. The van der Waals surface area contributed by atoms with Crippen molar-refractivity contribution in [3.8, 4) is 17.0 Å². The Bertz CT molecular complexity index is 963. The highest BCUT2D eigenvalue weighted by Gasteiger charge is 2.30. The van der Waals surface area contributed by atoms with Crippen molar-refractivity contribution in [2.45, 2.75) is 45.3 Å². The summed E-state index contributed by atoms with van der Waals surface area (Å²) in [6.45, 7) is 3.93. The summed E-state index contributed by atoms with van der Waals surface area (Å²) in [5.74, 6) is -0.589. The highest BCUT2D eigenvalue weighted by Crippen LogP contribution is 2.35. The van der Waals surface area contributed by atoms with Crippen LogP contribution in [0.2, 0.25) is 0 Å². The minimum Gasteiger partial charge on any atom is -0.485 e. The zero-order valence-corrected chi connectivity index (χ0v) is 15.7. The zero-order valence-electron chi connectivity index (χ0n) is 15.7. The van der Waals surface area contributed by atoms with Crippen LogP contribution >= 0.6 is 0 Å². The molecule has 0 radical (unpaired) electrons. The van der Waals surface area contributed by atoms with E-state index in [-0.39, 0.29) is 30.2 Å². The minimum absolute atomic E-state index is 0.117. The van der Waals surface area contributed by atoms with Crippen molar-refractivity contribution < 1.29 is 18.7 Å². The number of carbonyl (C=O) groups is 2. The molecule has 0 saturated carbocycles. The Morgan fingerprint density at radius 2 is 2.21 bits per heavy atom. The molecule has 28 heavy (non-hydrogen) atoms. The molecule has 1 aromatic carbocycles. The van der Waals surface area contributed by atoms with Crippen LogP contribution in [0.3, 0.4) is 0 Å². The molecular weight excluding hydrogens is 363 g/mol. The fourth-order valence-electron chi connectivity index (χ4n) is 3.60. The molecule has 2 aromatic rings. The van der Waals surface area contributed by atoms with Crippen molar-refractivity contribution in [3.63, 3.8) is 0 Å². The fourth-order valence-corrected chi connectivity index (χ4v) is 3.60. The molecular formula is C20H21FN4O3. The smallest absolute Gasteiger partial charge is 0.242 e. The molecule has 1 fully saturated rings. The van der Waals surface area contributed by atoms with Gasteiger partial charge in [-0.05, 0) is 32.4 Å². The second kappa shape index (κ2) is 7.18. The molecule has 8 heteroatoms. The maximum Gasteiger partial charge on any atom is 0.242 e. The van der Waals surface area contributed by atoms with Gasteiger partial charge < -0.3 is 15.4 Å². The molecule has 2 atom stereocenters. The summed E-state index contributed by atoms with van der Waals surface area (Å²) in [5, 5.41) is 5.41. The van der Waals surface area contributed by atoms with E-state index in [4.69, 9.17) is 4.74 Å². The first-order valence-corrected chi connectivity index (χ1v) is 9.27. The number of hydrogen-bond donors (Lipinski definition) is 2. The quantitative estimate of drug-likeness (QED) is 0.835. The molecule has 7 nitrogen and oxygen atoms in total. The summed E-state index contributed by atoms with van der Waals surface area (Å²) in [7, 11) is 0. The van der Waals surface area contributed by atoms with Gasteiger partial charge in [0, 0.05) is 30.2 Å². The van der Waals surface area contributed by atoms with Crippen molar-refractivity contribution in [3.05, 3.63) is 41.1 Å². The number of benzene rings is 1. The Balaban J connectivity index is 1.46. The van der Waals surface area contributed by atoms with E-state index in [0.29, 0.717) is 30.5 Å². The molecule has 3 heterocycles. The van der Waals surface area contributed by atoms with Crippen LogP contribution in [0.1, 0.15) is 29.8 Å². The first-order valence-electron chi connectivity index (χ1n) is 9.27. The molecule has 0 spiro atoms. The number of carbonyl (C=O) groups excluding carboxylic acids is 2.